The molecule has 0 heterocycles. The Balaban J connectivity index is 3.06. The zero-order valence-electron chi connectivity index (χ0n) is 12.9. The largest absolute Gasteiger partial charge is 0.352 e. The molecule has 8 heteroatoms. The lowest BCUT2D eigenvalue weighted by molar-refractivity contribution is -0.120. The molecule has 1 aromatic carbocycles. The van der Waals surface area contributed by atoms with Crippen LogP contribution in [0.4, 0.5) is 5.69 Å². The number of carbonyl (C=O) groups excluding carboxylic acids is 1. The number of hydrogen-bond donors (Lipinski definition) is 1. The van der Waals surface area contributed by atoms with E-state index in [0.29, 0.717) is 0 Å². The first kappa shape index (κ1) is 19.1. The minimum atomic E-state index is -3.68. The number of anilines is 1. The first-order valence-corrected chi connectivity index (χ1v) is 9.35. The van der Waals surface area contributed by atoms with Crippen LogP contribution in [-0.2, 0) is 14.8 Å². The first-order valence-electron chi connectivity index (χ1n) is 6.75. The van der Waals surface area contributed by atoms with Gasteiger partial charge in [-0.25, -0.2) is 8.42 Å². The molecule has 0 unspecified atom stereocenters. The van der Waals surface area contributed by atoms with E-state index in [1.54, 1.807) is 12.1 Å². The molecule has 1 N–H and O–H groups in total. The minimum Gasteiger partial charge on any atom is -0.352 e. The smallest absolute Gasteiger partial charge is 0.240 e. The van der Waals surface area contributed by atoms with E-state index in [9.17, 15) is 13.2 Å². The highest BCUT2D eigenvalue weighted by atomic mass is 35.5. The third-order valence-electron chi connectivity index (χ3n) is 3.28. The van der Waals surface area contributed by atoms with Gasteiger partial charge in [-0.3, -0.25) is 9.10 Å². The number of nitrogens with zero attached hydrogens (tertiary/aromatic N) is 1. The van der Waals surface area contributed by atoms with Crippen molar-refractivity contribution in [2.75, 3.05) is 17.1 Å². The number of sulfonamides is 1. The van der Waals surface area contributed by atoms with Crippen molar-refractivity contribution in [2.24, 2.45) is 5.92 Å². The van der Waals surface area contributed by atoms with E-state index in [-0.39, 0.29) is 34.2 Å². The maximum atomic E-state index is 12.1. The average Bonchev–Trinajstić information content (AvgIpc) is 2.38. The van der Waals surface area contributed by atoms with Gasteiger partial charge >= 0.3 is 0 Å². The van der Waals surface area contributed by atoms with E-state index >= 15 is 0 Å². The van der Waals surface area contributed by atoms with Crippen LogP contribution in [-0.4, -0.2) is 33.2 Å². The number of halogens is 2. The Hall–Kier alpha value is -0.980. The fourth-order valence-corrected chi connectivity index (χ4v) is 2.97. The summed E-state index contributed by atoms with van der Waals surface area (Å²) >= 11 is 12.0. The molecule has 0 aromatic heterocycles. The van der Waals surface area contributed by atoms with E-state index < -0.39 is 15.9 Å². The molecule has 0 aliphatic heterocycles. The normalized spacial score (nSPS) is 13.0. The highest BCUT2D eigenvalue weighted by Gasteiger charge is 2.24. The average molecular weight is 367 g/mol. The van der Waals surface area contributed by atoms with Crippen LogP contribution < -0.4 is 9.62 Å². The van der Waals surface area contributed by atoms with Crippen LogP contribution >= 0.6 is 23.2 Å². The molecule has 0 aliphatic rings. The fraction of sp³-hybridized carbons (Fsp3) is 0.500. The van der Waals surface area contributed by atoms with E-state index in [4.69, 9.17) is 23.2 Å². The number of amides is 1. The summed E-state index contributed by atoms with van der Waals surface area (Å²) in [5, 5.41) is 3.09. The number of benzene rings is 1. The number of rotatable bonds is 6. The standard InChI is InChI=1S/C14H20Cl2N2O3S/c1-9(2)10(3)17-13(19)8-18(22(4,20)21)12-7-5-6-11(15)14(12)16/h5-7,9-10H,8H2,1-4H3,(H,17,19)/t10-/m0/s1. The van der Waals surface area contributed by atoms with Crippen molar-refractivity contribution in [3.8, 4) is 0 Å². The van der Waals surface area contributed by atoms with Crippen molar-refractivity contribution >= 4 is 44.8 Å². The minimum absolute atomic E-state index is 0.0660. The Labute approximate surface area is 141 Å². The topological polar surface area (TPSA) is 66.5 Å². The molecular formula is C14H20Cl2N2O3S. The second-order valence-electron chi connectivity index (χ2n) is 5.44. The third-order valence-corrected chi connectivity index (χ3v) is 5.21. The van der Waals surface area contributed by atoms with E-state index in [1.165, 1.54) is 6.07 Å². The van der Waals surface area contributed by atoms with Crippen LogP contribution in [0.3, 0.4) is 0 Å². The SMILES string of the molecule is CC(C)[C@H](C)NC(=O)CN(c1cccc(Cl)c1Cl)S(C)(=O)=O. The summed E-state index contributed by atoms with van der Waals surface area (Å²) in [4.78, 5) is 12.1. The van der Waals surface area contributed by atoms with Crippen molar-refractivity contribution in [1.82, 2.24) is 5.32 Å². The van der Waals surface area contributed by atoms with Crippen molar-refractivity contribution in [3.63, 3.8) is 0 Å². The molecule has 0 radical (unpaired) electrons. The van der Waals surface area contributed by atoms with Crippen molar-refractivity contribution in [2.45, 2.75) is 26.8 Å². The van der Waals surface area contributed by atoms with Crippen LogP contribution in [0.5, 0.6) is 0 Å². The van der Waals surface area contributed by atoms with Crippen LogP contribution in [0.1, 0.15) is 20.8 Å². The molecule has 0 bridgehead atoms. The van der Waals surface area contributed by atoms with E-state index in [1.807, 2.05) is 20.8 Å². The molecule has 22 heavy (non-hydrogen) atoms. The Kier molecular flexibility index (Phi) is 6.52. The summed E-state index contributed by atoms with van der Waals surface area (Å²) in [6.45, 7) is 5.44. The molecule has 0 saturated heterocycles. The first-order chi connectivity index (χ1) is 10.0. The van der Waals surface area contributed by atoms with Gasteiger partial charge in [0.15, 0.2) is 0 Å². The van der Waals surface area contributed by atoms with E-state index in [0.717, 1.165) is 10.6 Å². The molecule has 0 fully saturated rings. The van der Waals surface area contributed by atoms with Gasteiger partial charge in [0.05, 0.1) is 22.0 Å². The molecule has 1 aromatic rings. The van der Waals surface area contributed by atoms with E-state index in [2.05, 4.69) is 5.32 Å². The van der Waals surface area contributed by atoms with Gasteiger partial charge in [0.2, 0.25) is 15.9 Å². The monoisotopic (exact) mass is 366 g/mol. The van der Waals surface area contributed by atoms with Gasteiger partial charge in [-0.1, -0.05) is 43.1 Å². The Morgan fingerprint density at radius 3 is 2.36 bits per heavy atom. The molecule has 0 aliphatic carbocycles. The van der Waals surface area contributed by atoms with Crippen molar-refractivity contribution in [1.29, 1.82) is 0 Å². The van der Waals surface area contributed by atoms with Gasteiger partial charge in [0.1, 0.15) is 6.54 Å². The summed E-state index contributed by atoms with van der Waals surface area (Å²) < 4.78 is 24.9. The van der Waals surface area contributed by atoms with Gasteiger partial charge in [-0.15, -0.1) is 0 Å². The molecule has 1 rings (SSSR count). The summed E-state index contributed by atoms with van der Waals surface area (Å²) in [5.74, 6) is -0.159. The molecular weight excluding hydrogens is 347 g/mol. The van der Waals surface area contributed by atoms with Crippen molar-refractivity contribution in [3.05, 3.63) is 28.2 Å². The molecule has 124 valence electrons. The number of carbonyl (C=O) groups is 1. The van der Waals surface area contributed by atoms with Crippen LogP contribution in [0, 0.1) is 5.92 Å². The molecule has 1 amide bonds. The Morgan fingerprint density at radius 2 is 1.86 bits per heavy atom. The van der Waals surface area contributed by atoms with Crippen LogP contribution in [0.2, 0.25) is 10.0 Å². The summed E-state index contributed by atoms with van der Waals surface area (Å²) in [5.41, 5.74) is 0.184. The predicted molar refractivity (Wildman–Crippen MR) is 91.1 cm³/mol. The summed E-state index contributed by atoms with van der Waals surface area (Å²) in [7, 11) is -3.68. The van der Waals surface area contributed by atoms with Gasteiger partial charge in [-0.2, -0.15) is 0 Å². The second kappa shape index (κ2) is 7.53. The quantitative estimate of drug-likeness (QED) is 0.841. The third kappa shape index (κ3) is 5.04. The maximum absolute atomic E-state index is 12.1. The lowest BCUT2D eigenvalue weighted by Crippen LogP contribution is -2.44. The second-order valence-corrected chi connectivity index (χ2v) is 8.13. The molecule has 0 spiro atoms. The lowest BCUT2D eigenvalue weighted by atomic mass is 10.1. The molecule has 1 atom stereocenters. The zero-order valence-corrected chi connectivity index (χ0v) is 15.3. The predicted octanol–water partition coefficient (Wildman–Crippen LogP) is 2.92. The molecule has 5 nitrogen and oxygen atoms in total. The number of nitrogens with one attached hydrogen (secondary N) is 1. The van der Waals surface area contributed by atoms with Gasteiger partial charge in [-0.05, 0) is 25.0 Å². The Bertz CT molecular complexity index is 647. The van der Waals surface area contributed by atoms with Gasteiger partial charge in [0.25, 0.3) is 0 Å². The molecule has 0 saturated carbocycles. The number of hydrogen-bond acceptors (Lipinski definition) is 3. The summed E-state index contributed by atoms with van der Waals surface area (Å²) in [6, 6.07) is 4.57. The van der Waals surface area contributed by atoms with Gasteiger partial charge in [0, 0.05) is 6.04 Å². The maximum Gasteiger partial charge on any atom is 0.240 e. The summed E-state index contributed by atoms with van der Waals surface area (Å²) in [6.07, 6.45) is 1.02. The van der Waals surface area contributed by atoms with Gasteiger partial charge < -0.3 is 5.32 Å². The Morgan fingerprint density at radius 1 is 1.27 bits per heavy atom. The fourth-order valence-electron chi connectivity index (χ4n) is 1.66. The highest BCUT2D eigenvalue weighted by molar-refractivity contribution is 7.92. The zero-order chi connectivity index (χ0) is 17.1. The lowest BCUT2D eigenvalue weighted by Gasteiger charge is -2.25. The van der Waals surface area contributed by atoms with Crippen LogP contribution in [0.15, 0.2) is 18.2 Å². The van der Waals surface area contributed by atoms with Crippen molar-refractivity contribution < 1.29 is 13.2 Å². The highest BCUT2D eigenvalue weighted by Crippen LogP contribution is 2.33. The van der Waals surface area contributed by atoms with Crippen LogP contribution in [0.25, 0.3) is 0 Å².